The number of nitrogens with zero attached hydrogens (tertiary/aromatic N) is 1. The minimum absolute atomic E-state index is 0.0618. The molecule has 0 radical (unpaired) electrons. The van der Waals surface area contributed by atoms with E-state index in [1.807, 2.05) is 13.0 Å². The molecule has 15 heavy (non-hydrogen) atoms. The first-order valence-electron chi connectivity index (χ1n) is 4.42. The highest BCUT2D eigenvalue weighted by Gasteiger charge is 2.11. The molecular formula is C11H9NO3. The average Bonchev–Trinajstić information content (AvgIpc) is 2.67. The zero-order valence-corrected chi connectivity index (χ0v) is 8.10. The quantitative estimate of drug-likeness (QED) is 0.813. The lowest BCUT2D eigenvalue weighted by molar-refractivity contribution is 0.0663. The number of carbonyl (C=O) groups is 1. The lowest BCUT2D eigenvalue weighted by atomic mass is 10.1. The Bertz CT molecular complexity index is 502. The molecule has 0 aliphatic rings. The molecular weight excluding hydrogens is 194 g/mol. The smallest absolute Gasteiger partial charge is 0.371 e. The fourth-order valence-corrected chi connectivity index (χ4v) is 1.32. The van der Waals surface area contributed by atoms with Gasteiger partial charge in [-0.15, -0.1) is 0 Å². The summed E-state index contributed by atoms with van der Waals surface area (Å²) in [5, 5.41) is 8.70. The minimum atomic E-state index is -1.07. The zero-order chi connectivity index (χ0) is 10.8. The van der Waals surface area contributed by atoms with Crippen molar-refractivity contribution in [2.24, 2.45) is 0 Å². The Labute approximate surface area is 86.2 Å². The molecule has 76 valence electrons. The number of hydrogen-bond acceptors (Lipinski definition) is 3. The summed E-state index contributed by atoms with van der Waals surface area (Å²) in [7, 11) is 0. The lowest BCUT2D eigenvalue weighted by Gasteiger charge is -1.99. The van der Waals surface area contributed by atoms with Crippen LogP contribution in [0.1, 0.15) is 16.1 Å². The molecule has 0 saturated carbocycles. The third-order valence-electron chi connectivity index (χ3n) is 2.12. The summed E-state index contributed by atoms with van der Waals surface area (Å²) >= 11 is 0. The van der Waals surface area contributed by atoms with Crippen molar-refractivity contribution in [3.8, 4) is 11.3 Å². The second-order valence-corrected chi connectivity index (χ2v) is 3.16. The molecule has 0 atom stereocenters. The highest BCUT2D eigenvalue weighted by Crippen LogP contribution is 2.24. The van der Waals surface area contributed by atoms with Crippen LogP contribution in [0.25, 0.3) is 11.3 Å². The Balaban J connectivity index is 2.46. The van der Waals surface area contributed by atoms with Crippen LogP contribution in [0.3, 0.4) is 0 Å². The number of aryl methyl sites for hydroxylation is 1. The molecule has 0 aliphatic heterocycles. The SMILES string of the molecule is Cc1ccncc1-c1ccc(C(=O)O)o1. The van der Waals surface area contributed by atoms with Crippen molar-refractivity contribution in [1.82, 2.24) is 4.98 Å². The van der Waals surface area contributed by atoms with Crippen LogP contribution in [0.2, 0.25) is 0 Å². The van der Waals surface area contributed by atoms with Gasteiger partial charge in [0.2, 0.25) is 5.76 Å². The molecule has 0 spiro atoms. The molecule has 0 aliphatic carbocycles. The number of rotatable bonds is 2. The predicted octanol–water partition coefficient (Wildman–Crippen LogP) is 2.35. The fraction of sp³-hybridized carbons (Fsp3) is 0.0909. The molecule has 0 bridgehead atoms. The van der Waals surface area contributed by atoms with E-state index in [0.29, 0.717) is 5.76 Å². The van der Waals surface area contributed by atoms with Gasteiger partial charge in [-0.1, -0.05) is 0 Å². The summed E-state index contributed by atoms with van der Waals surface area (Å²) in [6.45, 7) is 1.92. The molecule has 0 fully saturated rings. The summed E-state index contributed by atoms with van der Waals surface area (Å²) in [6, 6.07) is 4.91. The molecule has 4 heteroatoms. The first kappa shape index (κ1) is 9.45. The summed E-state index contributed by atoms with van der Waals surface area (Å²) in [5.74, 6) is -0.603. The Morgan fingerprint density at radius 1 is 1.40 bits per heavy atom. The molecule has 0 amide bonds. The van der Waals surface area contributed by atoms with Crippen molar-refractivity contribution in [3.63, 3.8) is 0 Å². The molecule has 0 unspecified atom stereocenters. The van der Waals surface area contributed by atoms with Crippen LogP contribution < -0.4 is 0 Å². The summed E-state index contributed by atoms with van der Waals surface area (Å²) in [6.07, 6.45) is 3.33. The Kier molecular flexibility index (Phi) is 2.25. The number of aromatic carboxylic acids is 1. The van der Waals surface area contributed by atoms with E-state index in [1.165, 1.54) is 6.07 Å². The van der Waals surface area contributed by atoms with E-state index in [2.05, 4.69) is 4.98 Å². The van der Waals surface area contributed by atoms with Crippen molar-refractivity contribution in [3.05, 3.63) is 41.9 Å². The first-order valence-corrected chi connectivity index (χ1v) is 4.42. The lowest BCUT2D eigenvalue weighted by Crippen LogP contribution is -1.91. The normalized spacial score (nSPS) is 10.2. The van der Waals surface area contributed by atoms with E-state index in [-0.39, 0.29) is 5.76 Å². The Hall–Kier alpha value is -2.10. The highest BCUT2D eigenvalue weighted by atomic mass is 16.4. The van der Waals surface area contributed by atoms with Gasteiger partial charge in [0.1, 0.15) is 5.76 Å². The van der Waals surface area contributed by atoms with Gasteiger partial charge in [0.05, 0.1) is 0 Å². The van der Waals surface area contributed by atoms with Crippen LogP contribution in [0, 0.1) is 6.92 Å². The second kappa shape index (κ2) is 3.57. The van der Waals surface area contributed by atoms with Crippen molar-refractivity contribution < 1.29 is 14.3 Å². The van der Waals surface area contributed by atoms with Crippen molar-refractivity contribution in [2.75, 3.05) is 0 Å². The van der Waals surface area contributed by atoms with Gasteiger partial charge in [-0.05, 0) is 30.7 Å². The van der Waals surface area contributed by atoms with Gasteiger partial charge in [-0.25, -0.2) is 4.79 Å². The van der Waals surface area contributed by atoms with E-state index in [4.69, 9.17) is 9.52 Å². The number of furan rings is 1. The third kappa shape index (κ3) is 1.74. The van der Waals surface area contributed by atoms with Crippen LogP contribution in [-0.4, -0.2) is 16.1 Å². The van der Waals surface area contributed by atoms with E-state index in [1.54, 1.807) is 18.5 Å². The largest absolute Gasteiger partial charge is 0.475 e. The number of aromatic nitrogens is 1. The minimum Gasteiger partial charge on any atom is -0.475 e. The van der Waals surface area contributed by atoms with Crippen molar-refractivity contribution in [2.45, 2.75) is 6.92 Å². The number of pyridine rings is 1. The molecule has 0 aromatic carbocycles. The number of carboxylic acid groups (broad SMARTS) is 1. The number of carboxylic acids is 1. The van der Waals surface area contributed by atoms with Crippen LogP contribution in [0.4, 0.5) is 0 Å². The van der Waals surface area contributed by atoms with E-state index in [0.717, 1.165) is 11.1 Å². The molecule has 2 heterocycles. The average molecular weight is 203 g/mol. The Morgan fingerprint density at radius 3 is 2.80 bits per heavy atom. The van der Waals surface area contributed by atoms with Crippen molar-refractivity contribution in [1.29, 1.82) is 0 Å². The standard InChI is InChI=1S/C11H9NO3/c1-7-4-5-12-6-8(7)9-2-3-10(15-9)11(13)14/h2-6H,1H3,(H,13,14). The molecule has 2 rings (SSSR count). The summed E-state index contributed by atoms with van der Waals surface area (Å²) in [4.78, 5) is 14.6. The summed E-state index contributed by atoms with van der Waals surface area (Å²) in [5.41, 5.74) is 1.81. The molecule has 0 saturated heterocycles. The van der Waals surface area contributed by atoms with Gasteiger partial charge in [0.15, 0.2) is 0 Å². The fourth-order valence-electron chi connectivity index (χ4n) is 1.32. The van der Waals surface area contributed by atoms with Gasteiger partial charge in [-0.3, -0.25) is 4.98 Å². The maximum atomic E-state index is 10.6. The predicted molar refractivity (Wildman–Crippen MR) is 53.6 cm³/mol. The van der Waals surface area contributed by atoms with Crippen LogP contribution in [0.15, 0.2) is 35.0 Å². The third-order valence-corrected chi connectivity index (χ3v) is 2.12. The Morgan fingerprint density at radius 2 is 2.20 bits per heavy atom. The monoisotopic (exact) mass is 203 g/mol. The van der Waals surface area contributed by atoms with E-state index < -0.39 is 5.97 Å². The first-order chi connectivity index (χ1) is 7.18. The molecule has 4 nitrogen and oxygen atoms in total. The second-order valence-electron chi connectivity index (χ2n) is 3.16. The van der Waals surface area contributed by atoms with Crippen molar-refractivity contribution >= 4 is 5.97 Å². The highest BCUT2D eigenvalue weighted by molar-refractivity contribution is 5.85. The van der Waals surface area contributed by atoms with Crippen LogP contribution in [0.5, 0.6) is 0 Å². The maximum Gasteiger partial charge on any atom is 0.371 e. The van der Waals surface area contributed by atoms with Gasteiger partial charge < -0.3 is 9.52 Å². The maximum absolute atomic E-state index is 10.6. The van der Waals surface area contributed by atoms with Gasteiger partial charge >= 0.3 is 5.97 Å². The van der Waals surface area contributed by atoms with E-state index in [9.17, 15) is 4.79 Å². The van der Waals surface area contributed by atoms with E-state index >= 15 is 0 Å². The van der Waals surface area contributed by atoms with Crippen LogP contribution in [-0.2, 0) is 0 Å². The molecule has 2 aromatic heterocycles. The topological polar surface area (TPSA) is 63.3 Å². The zero-order valence-electron chi connectivity index (χ0n) is 8.10. The number of hydrogen-bond donors (Lipinski definition) is 1. The van der Waals surface area contributed by atoms with Gasteiger partial charge in [-0.2, -0.15) is 0 Å². The van der Waals surface area contributed by atoms with Gasteiger partial charge in [0, 0.05) is 18.0 Å². The van der Waals surface area contributed by atoms with Gasteiger partial charge in [0.25, 0.3) is 0 Å². The molecule has 2 aromatic rings. The van der Waals surface area contributed by atoms with Crippen LogP contribution >= 0.6 is 0 Å². The molecule has 1 N–H and O–H groups in total. The summed E-state index contributed by atoms with van der Waals surface area (Å²) < 4.78 is 5.17.